The number of benzene rings is 1. The Morgan fingerprint density at radius 2 is 2.00 bits per heavy atom. The fraction of sp³-hybridized carbons (Fsp3) is 0.235. The smallest absolute Gasteiger partial charge is 0.339 e. The van der Waals surface area contributed by atoms with Gasteiger partial charge in [-0.05, 0) is 30.7 Å². The van der Waals surface area contributed by atoms with Crippen LogP contribution in [0.25, 0.3) is 0 Å². The number of halogens is 1. The number of ketones is 1. The largest absolute Gasteiger partial charge is 0.465 e. The zero-order valence-corrected chi connectivity index (χ0v) is 14.3. The number of esters is 1. The molecule has 1 aromatic heterocycles. The predicted octanol–water partition coefficient (Wildman–Crippen LogP) is 3.15. The Hall–Kier alpha value is -2.60. The van der Waals surface area contributed by atoms with Crippen LogP contribution in [0.3, 0.4) is 0 Å². The lowest BCUT2D eigenvalue weighted by molar-refractivity contribution is -0.115. The molecule has 0 aliphatic rings. The van der Waals surface area contributed by atoms with Crippen molar-refractivity contribution in [1.82, 2.24) is 4.98 Å². The van der Waals surface area contributed by atoms with E-state index < -0.39 is 5.97 Å². The van der Waals surface area contributed by atoms with Gasteiger partial charge in [0, 0.05) is 23.3 Å². The van der Waals surface area contributed by atoms with Crippen molar-refractivity contribution < 1.29 is 19.1 Å². The van der Waals surface area contributed by atoms with Crippen molar-refractivity contribution in [1.29, 1.82) is 0 Å². The van der Waals surface area contributed by atoms with Gasteiger partial charge < -0.3 is 15.0 Å². The van der Waals surface area contributed by atoms with Gasteiger partial charge in [-0.25, -0.2) is 4.79 Å². The lowest BCUT2D eigenvalue weighted by Gasteiger charge is -2.06. The number of carbonyl (C=O) groups excluding carboxylic acids is 3. The molecule has 2 N–H and O–H groups in total. The molecule has 1 heterocycles. The van der Waals surface area contributed by atoms with Crippen molar-refractivity contribution in [3.8, 4) is 0 Å². The molecule has 0 aliphatic heterocycles. The number of rotatable bonds is 5. The molecule has 24 heavy (non-hydrogen) atoms. The highest BCUT2D eigenvalue weighted by molar-refractivity contribution is 6.30. The lowest BCUT2D eigenvalue weighted by Crippen LogP contribution is -2.17. The van der Waals surface area contributed by atoms with Crippen molar-refractivity contribution in [2.24, 2.45) is 0 Å². The van der Waals surface area contributed by atoms with Gasteiger partial charge in [-0.1, -0.05) is 17.7 Å². The van der Waals surface area contributed by atoms with Crippen LogP contribution in [0.15, 0.2) is 24.3 Å². The maximum Gasteiger partial charge on any atom is 0.339 e. The first kappa shape index (κ1) is 17.7. The zero-order valence-electron chi connectivity index (χ0n) is 13.5. The molecule has 2 aromatic rings. The normalized spacial score (nSPS) is 10.3. The third-order valence-electron chi connectivity index (χ3n) is 3.51. The van der Waals surface area contributed by atoms with E-state index in [1.165, 1.54) is 14.0 Å². The lowest BCUT2D eigenvalue weighted by atomic mass is 10.1. The molecule has 0 atom stereocenters. The third-order valence-corrected chi connectivity index (χ3v) is 3.75. The summed E-state index contributed by atoms with van der Waals surface area (Å²) in [5.74, 6) is -1.17. The Bertz CT molecular complexity index is 811. The summed E-state index contributed by atoms with van der Waals surface area (Å²) in [7, 11) is 1.25. The molecule has 0 bridgehead atoms. The number of nitrogens with one attached hydrogen (secondary N) is 2. The average molecular weight is 349 g/mol. The fourth-order valence-electron chi connectivity index (χ4n) is 2.45. The number of Topliss-reactive ketones (excluding diaryl/α,β-unsaturated/α-hetero) is 1. The number of aromatic amines is 1. The predicted molar refractivity (Wildman–Crippen MR) is 90.7 cm³/mol. The molecule has 0 saturated heterocycles. The molecule has 7 heteroatoms. The molecule has 0 aliphatic carbocycles. The maximum absolute atomic E-state index is 12.2. The Morgan fingerprint density at radius 3 is 2.58 bits per heavy atom. The van der Waals surface area contributed by atoms with E-state index in [0.29, 0.717) is 27.7 Å². The molecule has 1 amide bonds. The summed E-state index contributed by atoms with van der Waals surface area (Å²) in [6.45, 7) is 3.02. The van der Waals surface area contributed by atoms with E-state index in [9.17, 15) is 14.4 Å². The van der Waals surface area contributed by atoms with Crippen LogP contribution < -0.4 is 5.32 Å². The molecule has 6 nitrogen and oxygen atoms in total. The number of carbonyl (C=O) groups is 3. The molecule has 0 fully saturated rings. The monoisotopic (exact) mass is 348 g/mol. The van der Waals surface area contributed by atoms with Gasteiger partial charge in [0.05, 0.1) is 24.8 Å². The van der Waals surface area contributed by atoms with Gasteiger partial charge in [-0.15, -0.1) is 0 Å². The van der Waals surface area contributed by atoms with Crippen LogP contribution in [0.2, 0.25) is 5.02 Å². The minimum absolute atomic E-state index is 0.106. The number of anilines is 1. The van der Waals surface area contributed by atoms with E-state index in [1.807, 2.05) is 0 Å². The van der Waals surface area contributed by atoms with Gasteiger partial charge in [-0.3, -0.25) is 9.59 Å². The second kappa shape index (κ2) is 7.31. The average Bonchev–Trinajstić information content (AvgIpc) is 2.83. The minimum atomic E-state index is -0.596. The highest BCUT2D eigenvalue weighted by atomic mass is 35.5. The number of hydrogen-bond donors (Lipinski definition) is 2. The van der Waals surface area contributed by atoms with Crippen molar-refractivity contribution in [3.05, 3.63) is 51.8 Å². The van der Waals surface area contributed by atoms with Crippen LogP contribution in [0.4, 0.5) is 5.69 Å². The van der Waals surface area contributed by atoms with E-state index in [4.69, 9.17) is 16.3 Å². The van der Waals surface area contributed by atoms with E-state index in [0.717, 1.165) is 0 Å². The van der Waals surface area contributed by atoms with E-state index in [-0.39, 0.29) is 23.7 Å². The van der Waals surface area contributed by atoms with Gasteiger partial charge in [0.2, 0.25) is 5.91 Å². The molecule has 0 unspecified atom stereocenters. The Kier molecular flexibility index (Phi) is 5.41. The SMILES string of the molecule is COC(=O)c1c(CC(=O)Nc2cccc(Cl)c2)[nH]c(C(C)=O)c1C. The van der Waals surface area contributed by atoms with Crippen LogP contribution in [-0.2, 0) is 16.0 Å². The van der Waals surface area contributed by atoms with Crippen LogP contribution in [-0.4, -0.2) is 29.8 Å². The Morgan fingerprint density at radius 1 is 1.29 bits per heavy atom. The summed E-state index contributed by atoms with van der Waals surface area (Å²) in [4.78, 5) is 38.7. The van der Waals surface area contributed by atoms with Gasteiger partial charge in [0.1, 0.15) is 0 Å². The van der Waals surface area contributed by atoms with Crippen molar-refractivity contribution in [3.63, 3.8) is 0 Å². The van der Waals surface area contributed by atoms with E-state index >= 15 is 0 Å². The van der Waals surface area contributed by atoms with Crippen LogP contribution in [0.5, 0.6) is 0 Å². The van der Waals surface area contributed by atoms with Gasteiger partial charge in [0.15, 0.2) is 5.78 Å². The van der Waals surface area contributed by atoms with Crippen LogP contribution in [0.1, 0.15) is 39.0 Å². The third kappa shape index (κ3) is 3.83. The standard InChI is InChI=1S/C17H17ClN2O4/c1-9-15(17(23)24-3)13(20-16(9)10(2)21)8-14(22)19-12-6-4-5-11(18)7-12/h4-7,20H,8H2,1-3H3,(H,19,22). The van der Waals surface area contributed by atoms with Gasteiger partial charge >= 0.3 is 5.97 Å². The van der Waals surface area contributed by atoms with E-state index in [2.05, 4.69) is 10.3 Å². The number of H-pyrrole nitrogens is 1. The quantitative estimate of drug-likeness (QED) is 0.641. The summed E-state index contributed by atoms with van der Waals surface area (Å²) in [6.07, 6.45) is -0.106. The molecular formula is C17H17ClN2O4. The summed E-state index contributed by atoms with van der Waals surface area (Å²) in [5, 5.41) is 3.19. The number of amides is 1. The summed E-state index contributed by atoms with van der Waals surface area (Å²) in [5.41, 5.74) is 1.86. The van der Waals surface area contributed by atoms with Crippen molar-refractivity contribution in [2.45, 2.75) is 20.3 Å². The number of ether oxygens (including phenoxy) is 1. The number of hydrogen-bond acceptors (Lipinski definition) is 4. The van der Waals surface area contributed by atoms with Crippen LogP contribution in [0, 0.1) is 6.92 Å². The molecule has 126 valence electrons. The molecule has 0 spiro atoms. The van der Waals surface area contributed by atoms with E-state index in [1.54, 1.807) is 31.2 Å². The molecule has 1 aromatic carbocycles. The fourth-order valence-corrected chi connectivity index (χ4v) is 2.64. The second-order valence-electron chi connectivity index (χ2n) is 5.26. The van der Waals surface area contributed by atoms with Gasteiger partial charge in [0.25, 0.3) is 0 Å². The molecule has 0 radical (unpaired) electrons. The summed E-state index contributed by atoms with van der Waals surface area (Å²) >= 11 is 5.88. The molecular weight excluding hydrogens is 332 g/mol. The van der Waals surface area contributed by atoms with Crippen molar-refractivity contribution in [2.75, 3.05) is 12.4 Å². The summed E-state index contributed by atoms with van der Waals surface area (Å²) in [6, 6.07) is 6.72. The highest BCUT2D eigenvalue weighted by Crippen LogP contribution is 2.21. The second-order valence-corrected chi connectivity index (χ2v) is 5.70. The highest BCUT2D eigenvalue weighted by Gasteiger charge is 2.24. The first-order chi connectivity index (χ1) is 11.3. The minimum Gasteiger partial charge on any atom is -0.465 e. The topological polar surface area (TPSA) is 88.3 Å². The zero-order chi connectivity index (χ0) is 17.9. The number of aromatic nitrogens is 1. The van der Waals surface area contributed by atoms with Crippen molar-refractivity contribution >= 4 is 34.9 Å². The molecule has 0 saturated carbocycles. The number of methoxy groups -OCH3 is 1. The maximum atomic E-state index is 12.2. The molecule has 2 rings (SSSR count). The van der Waals surface area contributed by atoms with Gasteiger partial charge in [-0.2, -0.15) is 0 Å². The summed E-state index contributed by atoms with van der Waals surface area (Å²) < 4.78 is 4.75. The first-order valence-corrected chi connectivity index (χ1v) is 7.57. The van der Waals surface area contributed by atoms with Crippen LogP contribution >= 0.6 is 11.6 Å². The first-order valence-electron chi connectivity index (χ1n) is 7.19. The Labute approximate surface area is 144 Å². The Balaban J connectivity index is 2.28.